The van der Waals surface area contributed by atoms with Gasteiger partial charge in [0.15, 0.2) is 0 Å². The molecule has 1 aromatic rings. The van der Waals surface area contributed by atoms with E-state index in [-0.39, 0.29) is 22.8 Å². The molecule has 1 saturated heterocycles. The summed E-state index contributed by atoms with van der Waals surface area (Å²) in [5, 5.41) is 0. The van der Waals surface area contributed by atoms with Crippen molar-refractivity contribution in [1.29, 1.82) is 0 Å². The highest BCUT2D eigenvalue weighted by atomic mass is 32.2. The topological polar surface area (TPSA) is 86.8 Å². The molecule has 7 nitrogen and oxygen atoms in total. The summed E-state index contributed by atoms with van der Waals surface area (Å²) in [5.74, 6) is -0.206. The van der Waals surface area contributed by atoms with Crippen LogP contribution in [0.5, 0.6) is 0 Å². The van der Waals surface area contributed by atoms with E-state index >= 15 is 0 Å². The van der Waals surface area contributed by atoms with Crippen molar-refractivity contribution in [2.45, 2.75) is 30.7 Å². The Balaban J connectivity index is 1.72. The van der Waals surface area contributed by atoms with E-state index < -0.39 is 10.0 Å². The van der Waals surface area contributed by atoms with Crippen molar-refractivity contribution >= 4 is 21.8 Å². The molecular weight excluding hydrogens is 330 g/mol. The van der Waals surface area contributed by atoms with Crippen molar-refractivity contribution in [2.75, 3.05) is 26.2 Å². The molecule has 1 aliphatic carbocycles. The predicted molar refractivity (Wildman–Crippen MR) is 87.9 cm³/mol. The standard InChI is InChI=1S/C16H21N3O4S/c1-12(20)18-7-9-19(10-8-18)16(21)13-3-2-4-15(11-13)24(22,23)17-14-5-6-14/h2-4,11,14,17H,5-10H2,1H3. The van der Waals surface area contributed by atoms with Crippen LogP contribution in [0.15, 0.2) is 29.2 Å². The van der Waals surface area contributed by atoms with Gasteiger partial charge in [-0.2, -0.15) is 0 Å². The number of hydrogen-bond donors (Lipinski definition) is 1. The maximum Gasteiger partial charge on any atom is 0.254 e. The lowest BCUT2D eigenvalue weighted by atomic mass is 10.2. The average molecular weight is 351 g/mol. The molecule has 0 atom stereocenters. The highest BCUT2D eigenvalue weighted by molar-refractivity contribution is 7.89. The van der Waals surface area contributed by atoms with Gasteiger partial charge in [-0.05, 0) is 31.0 Å². The molecule has 0 radical (unpaired) electrons. The first-order chi connectivity index (χ1) is 11.4. The van der Waals surface area contributed by atoms with Crippen LogP contribution in [0.4, 0.5) is 0 Å². The van der Waals surface area contributed by atoms with Gasteiger partial charge >= 0.3 is 0 Å². The number of benzene rings is 1. The normalized spacial score (nSPS) is 18.5. The first kappa shape index (κ1) is 16.9. The molecule has 24 heavy (non-hydrogen) atoms. The molecule has 1 heterocycles. The molecule has 1 aromatic carbocycles. The summed E-state index contributed by atoms with van der Waals surface area (Å²) in [6.45, 7) is 3.43. The molecule has 2 fully saturated rings. The summed E-state index contributed by atoms with van der Waals surface area (Å²) < 4.78 is 27.2. The van der Waals surface area contributed by atoms with Gasteiger partial charge in [0, 0.05) is 44.7 Å². The van der Waals surface area contributed by atoms with Gasteiger partial charge in [0.2, 0.25) is 15.9 Å². The van der Waals surface area contributed by atoms with E-state index in [4.69, 9.17) is 0 Å². The third-order valence-corrected chi connectivity index (χ3v) is 5.82. The van der Waals surface area contributed by atoms with Crippen molar-refractivity contribution in [3.05, 3.63) is 29.8 Å². The zero-order chi connectivity index (χ0) is 17.3. The Morgan fingerprint density at radius 3 is 2.29 bits per heavy atom. The number of hydrogen-bond acceptors (Lipinski definition) is 4. The predicted octanol–water partition coefficient (Wildman–Crippen LogP) is 0.432. The number of rotatable bonds is 4. The molecule has 8 heteroatoms. The monoisotopic (exact) mass is 351 g/mol. The summed E-state index contributed by atoms with van der Waals surface area (Å²) in [5.41, 5.74) is 0.352. The molecule has 1 N–H and O–H groups in total. The summed E-state index contributed by atoms with van der Waals surface area (Å²) in [7, 11) is -3.58. The number of carbonyl (C=O) groups is 2. The maximum absolute atomic E-state index is 12.6. The van der Waals surface area contributed by atoms with Gasteiger partial charge in [-0.15, -0.1) is 0 Å². The Kier molecular flexibility index (Phi) is 4.60. The van der Waals surface area contributed by atoms with E-state index in [9.17, 15) is 18.0 Å². The first-order valence-electron chi connectivity index (χ1n) is 8.04. The number of amides is 2. The quantitative estimate of drug-likeness (QED) is 0.852. The molecule has 0 bridgehead atoms. The Labute approximate surface area is 141 Å². The summed E-state index contributed by atoms with van der Waals surface area (Å²) in [6, 6.07) is 6.14. The van der Waals surface area contributed by atoms with Gasteiger partial charge in [0.25, 0.3) is 5.91 Å². The fourth-order valence-electron chi connectivity index (χ4n) is 2.69. The van der Waals surface area contributed by atoms with E-state index in [2.05, 4.69) is 4.72 Å². The van der Waals surface area contributed by atoms with Gasteiger partial charge in [0.05, 0.1) is 4.90 Å². The molecule has 0 spiro atoms. The van der Waals surface area contributed by atoms with Gasteiger partial charge in [-0.25, -0.2) is 13.1 Å². The van der Waals surface area contributed by atoms with Crippen molar-refractivity contribution < 1.29 is 18.0 Å². The zero-order valence-electron chi connectivity index (χ0n) is 13.6. The second kappa shape index (κ2) is 6.52. The average Bonchev–Trinajstić information content (AvgIpc) is 3.37. The van der Waals surface area contributed by atoms with Crippen LogP contribution in [0.3, 0.4) is 0 Å². The van der Waals surface area contributed by atoms with Gasteiger partial charge in [-0.3, -0.25) is 9.59 Å². The highest BCUT2D eigenvalue weighted by Crippen LogP contribution is 2.22. The third-order valence-electron chi connectivity index (χ3n) is 4.30. The molecule has 1 aliphatic heterocycles. The summed E-state index contributed by atoms with van der Waals surface area (Å²) in [4.78, 5) is 27.4. The van der Waals surface area contributed by atoms with E-state index in [1.54, 1.807) is 21.9 Å². The molecule has 0 aromatic heterocycles. The van der Waals surface area contributed by atoms with Crippen LogP contribution in [-0.2, 0) is 14.8 Å². The van der Waals surface area contributed by atoms with Crippen LogP contribution in [0.2, 0.25) is 0 Å². The SMILES string of the molecule is CC(=O)N1CCN(C(=O)c2cccc(S(=O)(=O)NC3CC3)c2)CC1. The second-order valence-corrected chi connectivity index (χ2v) is 7.94. The van der Waals surface area contributed by atoms with Crippen LogP contribution >= 0.6 is 0 Å². The van der Waals surface area contributed by atoms with E-state index in [1.807, 2.05) is 0 Å². The molecular formula is C16H21N3O4S. The number of piperazine rings is 1. The van der Waals surface area contributed by atoms with Crippen LogP contribution < -0.4 is 4.72 Å². The molecule has 2 aliphatic rings. The summed E-state index contributed by atoms with van der Waals surface area (Å²) >= 11 is 0. The van der Waals surface area contributed by atoms with Crippen molar-refractivity contribution in [1.82, 2.24) is 14.5 Å². The Bertz CT molecular complexity index is 750. The van der Waals surface area contributed by atoms with Crippen molar-refractivity contribution in [2.24, 2.45) is 0 Å². The highest BCUT2D eigenvalue weighted by Gasteiger charge is 2.29. The number of nitrogens with zero attached hydrogens (tertiary/aromatic N) is 2. The fourth-order valence-corrected chi connectivity index (χ4v) is 4.04. The van der Waals surface area contributed by atoms with Crippen LogP contribution in [-0.4, -0.2) is 62.3 Å². The minimum atomic E-state index is -3.58. The van der Waals surface area contributed by atoms with Crippen LogP contribution in [0.25, 0.3) is 0 Å². The molecule has 3 rings (SSSR count). The fraction of sp³-hybridized carbons (Fsp3) is 0.500. The van der Waals surface area contributed by atoms with Crippen LogP contribution in [0, 0.1) is 0 Å². The lowest BCUT2D eigenvalue weighted by Crippen LogP contribution is -2.50. The molecule has 0 unspecified atom stereocenters. The van der Waals surface area contributed by atoms with E-state index in [0.717, 1.165) is 12.8 Å². The van der Waals surface area contributed by atoms with Gasteiger partial charge < -0.3 is 9.80 Å². The third kappa shape index (κ3) is 3.76. The van der Waals surface area contributed by atoms with Crippen molar-refractivity contribution in [3.63, 3.8) is 0 Å². The minimum Gasteiger partial charge on any atom is -0.339 e. The number of nitrogens with one attached hydrogen (secondary N) is 1. The van der Waals surface area contributed by atoms with Crippen LogP contribution in [0.1, 0.15) is 30.1 Å². The molecule has 2 amide bonds. The Morgan fingerprint density at radius 2 is 1.71 bits per heavy atom. The van der Waals surface area contributed by atoms with Gasteiger partial charge in [-0.1, -0.05) is 6.07 Å². The number of carbonyl (C=O) groups excluding carboxylic acids is 2. The van der Waals surface area contributed by atoms with Gasteiger partial charge in [0.1, 0.15) is 0 Å². The molecule has 1 saturated carbocycles. The first-order valence-corrected chi connectivity index (χ1v) is 9.52. The zero-order valence-corrected chi connectivity index (χ0v) is 14.4. The van der Waals surface area contributed by atoms with E-state index in [0.29, 0.717) is 31.7 Å². The Morgan fingerprint density at radius 1 is 1.08 bits per heavy atom. The summed E-state index contributed by atoms with van der Waals surface area (Å²) in [6.07, 6.45) is 1.72. The minimum absolute atomic E-state index is 0.00124. The Hall–Kier alpha value is -1.93. The lowest BCUT2D eigenvalue weighted by molar-refractivity contribution is -0.130. The van der Waals surface area contributed by atoms with E-state index in [1.165, 1.54) is 19.1 Å². The largest absolute Gasteiger partial charge is 0.339 e. The maximum atomic E-state index is 12.6. The van der Waals surface area contributed by atoms with Crippen molar-refractivity contribution in [3.8, 4) is 0 Å². The second-order valence-electron chi connectivity index (χ2n) is 6.22. The molecule has 130 valence electrons. The lowest BCUT2D eigenvalue weighted by Gasteiger charge is -2.34. The number of sulfonamides is 1. The smallest absolute Gasteiger partial charge is 0.254 e.